The molecule has 0 aromatic heterocycles. The number of rotatable bonds is 3. The summed E-state index contributed by atoms with van der Waals surface area (Å²) in [7, 11) is -3.29. The summed E-state index contributed by atoms with van der Waals surface area (Å²) in [6.07, 6.45) is 0.595. The molecule has 0 radical (unpaired) electrons. The number of allylic oxidation sites excluding steroid dienone is 1. The van der Waals surface area contributed by atoms with E-state index in [1.54, 1.807) is 0 Å². The van der Waals surface area contributed by atoms with Gasteiger partial charge in [0.2, 0.25) is 0 Å². The molecule has 0 unspecified atom stereocenters. The molecule has 0 bridgehead atoms. The van der Waals surface area contributed by atoms with Crippen molar-refractivity contribution in [2.24, 2.45) is 5.73 Å². The smallest absolute Gasteiger partial charge is 0.397 e. The predicted octanol–water partition coefficient (Wildman–Crippen LogP) is 0.149. The maximum atomic E-state index is 10.2. The van der Waals surface area contributed by atoms with E-state index in [4.69, 9.17) is 15.4 Å². The first-order valence-corrected chi connectivity index (χ1v) is 5.23. The standard InChI is InChI=1S/C6H11NO2.CH4O4S/c1-3-5(7)4(2)6(8)9;1-5-6(2,3)4/h3,7H2,1-2H3,(H,8,9);1H3,(H,2,3,4). The Hall–Kier alpha value is -1.12. The Balaban J connectivity index is 0. The summed E-state index contributed by atoms with van der Waals surface area (Å²) >= 11 is 0. The van der Waals surface area contributed by atoms with E-state index < -0.39 is 16.4 Å². The maximum absolute atomic E-state index is 10.2. The molecule has 0 saturated carbocycles. The Labute approximate surface area is 88.5 Å². The number of nitrogens with two attached hydrogens (primary N) is 1. The van der Waals surface area contributed by atoms with E-state index in [0.717, 1.165) is 7.11 Å². The molecule has 0 saturated heterocycles. The Bertz CT molecular complexity index is 331. The molecule has 0 aromatic carbocycles. The highest BCUT2D eigenvalue weighted by atomic mass is 32.3. The van der Waals surface area contributed by atoms with Crippen LogP contribution in [0.4, 0.5) is 0 Å². The number of carboxylic acids is 1. The second-order valence-corrected chi connectivity index (χ2v) is 3.59. The van der Waals surface area contributed by atoms with E-state index in [2.05, 4.69) is 4.18 Å². The van der Waals surface area contributed by atoms with Gasteiger partial charge in [-0.05, 0) is 13.3 Å². The summed E-state index contributed by atoms with van der Waals surface area (Å²) in [4.78, 5) is 10.2. The third-order valence-corrected chi connectivity index (χ3v) is 1.82. The summed E-state index contributed by atoms with van der Waals surface area (Å²) in [5.41, 5.74) is 6.01. The van der Waals surface area contributed by atoms with Crippen LogP contribution < -0.4 is 5.73 Å². The largest absolute Gasteiger partial charge is 0.478 e. The molecule has 0 aliphatic heterocycles. The minimum Gasteiger partial charge on any atom is -0.478 e. The highest BCUT2D eigenvalue weighted by Crippen LogP contribution is 2.00. The topological polar surface area (TPSA) is 127 Å². The predicted molar refractivity (Wildman–Crippen MR) is 53.4 cm³/mol. The van der Waals surface area contributed by atoms with E-state index in [0.29, 0.717) is 12.1 Å². The number of hydrogen-bond donors (Lipinski definition) is 3. The van der Waals surface area contributed by atoms with Gasteiger partial charge < -0.3 is 10.8 Å². The van der Waals surface area contributed by atoms with Crippen molar-refractivity contribution < 1.29 is 27.1 Å². The molecule has 0 aromatic rings. The van der Waals surface area contributed by atoms with Gasteiger partial charge in [0, 0.05) is 5.70 Å². The van der Waals surface area contributed by atoms with Gasteiger partial charge >= 0.3 is 16.4 Å². The van der Waals surface area contributed by atoms with Gasteiger partial charge in [-0.2, -0.15) is 8.42 Å². The van der Waals surface area contributed by atoms with Crippen molar-refractivity contribution in [2.75, 3.05) is 7.11 Å². The second-order valence-electron chi connectivity index (χ2n) is 2.40. The number of carboxylic acid groups (broad SMARTS) is 1. The lowest BCUT2D eigenvalue weighted by atomic mass is 10.2. The molecule has 15 heavy (non-hydrogen) atoms. The molecule has 0 heterocycles. The molecular formula is C7H15NO6S. The number of carbonyl (C=O) groups is 1. The van der Waals surface area contributed by atoms with Crippen molar-refractivity contribution in [1.82, 2.24) is 0 Å². The van der Waals surface area contributed by atoms with Crippen molar-refractivity contribution in [3.05, 3.63) is 11.3 Å². The van der Waals surface area contributed by atoms with E-state index in [-0.39, 0.29) is 5.57 Å². The van der Waals surface area contributed by atoms with Gasteiger partial charge in [0.15, 0.2) is 0 Å². The first-order chi connectivity index (χ1) is 6.65. The van der Waals surface area contributed by atoms with Crippen LogP contribution >= 0.6 is 0 Å². The van der Waals surface area contributed by atoms with Gasteiger partial charge in [-0.25, -0.2) is 4.79 Å². The molecule has 8 heteroatoms. The number of aliphatic carboxylic acids is 1. The molecule has 0 amide bonds. The van der Waals surface area contributed by atoms with Gasteiger partial charge in [0.05, 0.1) is 12.7 Å². The fourth-order valence-corrected chi connectivity index (χ4v) is 0.403. The molecule has 0 atom stereocenters. The molecule has 0 aliphatic rings. The second kappa shape index (κ2) is 7.21. The fraction of sp³-hybridized carbons (Fsp3) is 0.571. The summed E-state index contributed by atoms with van der Waals surface area (Å²) in [5.74, 6) is -0.936. The van der Waals surface area contributed by atoms with Crippen LogP contribution in [0, 0.1) is 0 Å². The Morgan fingerprint density at radius 3 is 1.87 bits per heavy atom. The SMILES string of the molecule is CCC(N)=C(C)C(=O)O.COS(=O)(=O)O. The van der Waals surface area contributed by atoms with Crippen molar-refractivity contribution in [3.8, 4) is 0 Å². The highest BCUT2D eigenvalue weighted by Gasteiger charge is 2.02. The van der Waals surface area contributed by atoms with E-state index in [9.17, 15) is 13.2 Å². The van der Waals surface area contributed by atoms with Crippen LogP contribution in [0.5, 0.6) is 0 Å². The van der Waals surface area contributed by atoms with Crippen molar-refractivity contribution in [3.63, 3.8) is 0 Å². The van der Waals surface area contributed by atoms with Crippen LogP contribution in [0.1, 0.15) is 20.3 Å². The van der Waals surface area contributed by atoms with Crippen molar-refractivity contribution >= 4 is 16.4 Å². The molecular weight excluding hydrogens is 226 g/mol. The fourth-order valence-electron chi connectivity index (χ4n) is 0.403. The third kappa shape index (κ3) is 10.8. The molecule has 7 nitrogen and oxygen atoms in total. The minimum atomic E-state index is -4.16. The van der Waals surface area contributed by atoms with Crippen molar-refractivity contribution in [2.45, 2.75) is 20.3 Å². The lowest BCUT2D eigenvalue weighted by Crippen LogP contribution is -2.06. The zero-order valence-electron chi connectivity index (χ0n) is 8.72. The van der Waals surface area contributed by atoms with Gasteiger partial charge in [0.1, 0.15) is 0 Å². The van der Waals surface area contributed by atoms with Gasteiger partial charge in [-0.15, -0.1) is 0 Å². The maximum Gasteiger partial charge on any atom is 0.397 e. The normalized spacial score (nSPS) is 12.3. The minimum absolute atomic E-state index is 0.248. The van der Waals surface area contributed by atoms with Gasteiger partial charge in [0.25, 0.3) is 0 Å². The Kier molecular flexibility index (Phi) is 7.84. The average molecular weight is 241 g/mol. The summed E-state index contributed by atoms with van der Waals surface area (Å²) < 4.78 is 29.7. The summed E-state index contributed by atoms with van der Waals surface area (Å²) in [6.45, 7) is 3.32. The van der Waals surface area contributed by atoms with Crippen LogP contribution in [-0.4, -0.2) is 31.2 Å². The zero-order valence-corrected chi connectivity index (χ0v) is 9.54. The third-order valence-electron chi connectivity index (χ3n) is 1.39. The van der Waals surface area contributed by atoms with Gasteiger partial charge in [-0.1, -0.05) is 6.92 Å². The van der Waals surface area contributed by atoms with Crippen molar-refractivity contribution in [1.29, 1.82) is 0 Å². The number of hydrogen-bond acceptors (Lipinski definition) is 5. The van der Waals surface area contributed by atoms with Crippen LogP contribution in [0.2, 0.25) is 0 Å². The molecule has 90 valence electrons. The quantitative estimate of drug-likeness (QED) is 0.474. The molecule has 0 aliphatic carbocycles. The Morgan fingerprint density at radius 1 is 1.47 bits per heavy atom. The first-order valence-electron chi connectivity index (χ1n) is 3.87. The molecule has 4 N–H and O–H groups in total. The van der Waals surface area contributed by atoms with Crippen LogP contribution in [0.3, 0.4) is 0 Å². The van der Waals surface area contributed by atoms with Crippen LogP contribution in [0.25, 0.3) is 0 Å². The highest BCUT2D eigenvalue weighted by molar-refractivity contribution is 7.80. The van der Waals surface area contributed by atoms with Gasteiger partial charge in [-0.3, -0.25) is 8.74 Å². The molecule has 0 fully saturated rings. The van der Waals surface area contributed by atoms with E-state index in [1.807, 2.05) is 6.92 Å². The zero-order chi connectivity index (χ0) is 12.6. The summed E-state index contributed by atoms with van der Waals surface area (Å²) in [5, 5.41) is 8.35. The molecule has 0 spiro atoms. The average Bonchev–Trinajstić information content (AvgIpc) is 2.15. The Morgan fingerprint density at radius 2 is 1.80 bits per heavy atom. The summed E-state index contributed by atoms with van der Waals surface area (Å²) in [6, 6.07) is 0. The van der Waals surface area contributed by atoms with E-state index >= 15 is 0 Å². The lowest BCUT2D eigenvalue weighted by molar-refractivity contribution is -0.132. The molecule has 0 rings (SSSR count). The van der Waals surface area contributed by atoms with E-state index in [1.165, 1.54) is 6.92 Å². The van der Waals surface area contributed by atoms with Crippen LogP contribution in [0.15, 0.2) is 11.3 Å². The monoisotopic (exact) mass is 241 g/mol. The lowest BCUT2D eigenvalue weighted by Gasteiger charge is -1.97. The first kappa shape index (κ1) is 16.3. The van der Waals surface area contributed by atoms with Crippen LogP contribution in [-0.2, 0) is 19.4 Å².